The van der Waals surface area contributed by atoms with E-state index in [2.05, 4.69) is 10.1 Å². The van der Waals surface area contributed by atoms with E-state index in [0.717, 1.165) is 0 Å². The number of aromatic nitrogens is 3. The molecule has 0 atom stereocenters. The third-order valence-electron chi connectivity index (χ3n) is 3.31. The number of rotatable bonds is 1. The third kappa shape index (κ3) is 1.61. The minimum Gasteiger partial charge on any atom is -0.493 e. The molecule has 0 aliphatic carbocycles. The molecule has 2 heterocycles. The first-order valence-electron chi connectivity index (χ1n) is 6.06. The molecule has 0 spiro atoms. The Hall–Kier alpha value is -2.63. The molecule has 102 valence electrons. The lowest BCUT2D eigenvalue weighted by Gasteiger charge is -2.04. The smallest absolute Gasteiger partial charge is 0.257 e. The molecule has 0 bridgehead atoms. The standard InChI is InChI=1S/C14H12FN3O2/c1-7-13(19)16-12-11(8(2)17-18(12)14(7)20)9-5-3-4-6-10(9)15/h3-6,20H,1-2H3,(H,16,19). The van der Waals surface area contributed by atoms with E-state index in [1.807, 2.05) is 0 Å². The summed E-state index contributed by atoms with van der Waals surface area (Å²) in [5.41, 5.74) is 1.34. The summed E-state index contributed by atoms with van der Waals surface area (Å²) < 4.78 is 15.2. The Morgan fingerprint density at radius 3 is 2.70 bits per heavy atom. The van der Waals surface area contributed by atoms with Crippen molar-refractivity contribution in [3.05, 3.63) is 51.7 Å². The van der Waals surface area contributed by atoms with E-state index in [1.165, 1.54) is 17.5 Å². The second-order valence-corrected chi connectivity index (χ2v) is 4.60. The highest BCUT2D eigenvalue weighted by Crippen LogP contribution is 2.30. The summed E-state index contributed by atoms with van der Waals surface area (Å²) in [5.74, 6) is -0.652. The molecule has 0 aliphatic heterocycles. The van der Waals surface area contributed by atoms with Gasteiger partial charge in [0.2, 0.25) is 5.88 Å². The summed E-state index contributed by atoms with van der Waals surface area (Å²) >= 11 is 0. The Bertz CT molecular complexity index is 880. The first-order chi connectivity index (χ1) is 9.50. The largest absolute Gasteiger partial charge is 0.493 e. The molecule has 0 amide bonds. The van der Waals surface area contributed by atoms with E-state index in [9.17, 15) is 14.3 Å². The molecule has 3 rings (SSSR count). The number of benzene rings is 1. The molecule has 0 saturated carbocycles. The van der Waals surface area contributed by atoms with Crippen molar-refractivity contribution in [2.45, 2.75) is 13.8 Å². The van der Waals surface area contributed by atoms with Gasteiger partial charge in [-0.05, 0) is 19.9 Å². The predicted octanol–water partition coefficient (Wildman–Crippen LogP) is 2.15. The average molecular weight is 273 g/mol. The Morgan fingerprint density at radius 1 is 1.30 bits per heavy atom. The van der Waals surface area contributed by atoms with Gasteiger partial charge in [0.05, 0.1) is 16.8 Å². The summed E-state index contributed by atoms with van der Waals surface area (Å²) in [4.78, 5) is 14.4. The Labute approximate surface area is 113 Å². The van der Waals surface area contributed by atoms with Crippen molar-refractivity contribution in [3.63, 3.8) is 0 Å². The molecule has 0 aliphatic rings. The molecule has 0 radical (unpaired) electrons. The fraction of sp³-hybridized carbons (Fsp3) is 0.143. The van der Waals surface area contributed by atoms with Gasteiger partial charge in [0, 0.05) is 5.56 Å². The van der Waals surface area contributed by atoms with E-state index >= 15 is 0 Å². The minimum absolute atomic E-state index is 0.167. The molecule has 20 heavy (non-hydrogen) atoms. The Balaban J connectivity index is 2.47. The van der Waals surface area contributed by atoms with Crippen molar-refractivity contribution in [1.82, 2.24) is 14.6 Å². The number of nitrogens with one attached hydrogen (secondary N) is 1. The topological polar surface area (TPSA) is 70.4 Å². The lowest BCUT2D eigenvalue weighted by molar-refractivity contribution is 0.429. The maximum Gasteiger partial charge on any atom is 0.257 e. The number of fused-ring (bicyclic) bond motifs is 1. The van der Waals surface area contributed by atoms with Gasteiger partial charge in [-0.3, -0.25) is 4.79 Å². The Morgan fingerprint density at radius 2 is 2.00 bits per heavy atom. The molecular weight excluding hydrogens is 261 g/mol. The maximum absolute atomic E-state index is 13.9. The van der Waals surface area contributed by atoms with Gasteiger partial charge in [0.1, 0.15) is 11.5 Å². The normalized spacial score (nSPS) is 11.2. The van der Waals surface area contributed by atoms with Gasteiger partial charge in [-0.25, -0.2) is 4.39 Å². The molecule has 3 aromatic rings. The second-order valence-electron chi connectivity index (χ2n) is 4.60. The summed E-state index contributed by atoms with van der Waals surface area (Å²) in [6.45, 7) is 3.19. The van der Waals surface area contributed by atoms with Crippen molar-refractivity contribution in [2.24, 2.45) is 0 Å². The molecule has 2 N–H and O–H groups in total. The van der Waals surface area contributed by atoms with E-state index in [4.69, 9.17) is 0 Å². The molecule has 0 unspecified atom stereocenters. The number of aromatic amines is 1. The van der Waals surface area contributed by atoms with Gasteiger partial charge in [-0.1, -0.05) is 18.2 Å². The van der Waals surface area contributed by atoms with Gasteiger partial charge in [0.15, 0.2) is 0 Å². The van der Waals surface area contributed by atoms with Crippen molar-refractivity contribution >= 4 is 5.65 Å². The van der Waals surface area contributed by atoms with Gasteiger partial charge in [-0.2, -0.15) is 9.61 Å². The minimum atomic E-state index is -0.424. The molecule has 5 nitrogen and oxygen atoms in total. The summed E-state index contributed by atoms with van der Waals surface area (Å²) in [6.07, 6.45) is 0. The SMILES string of the molecule is Cc1nn2c(O)c(C)c(=O)[nH]c2c1-c1ccccc1F. The van der Waals surface area contributed by atoms with Gasteiger partial charge >= 0.3 is 0 Å². The number of aryl methyl sites for hydroxylation is 1. The molecule has 1 aromatic carbocycles. The van der Waals surface area contributed by atoms with Crippen molar-refractivity contribution in [3.8, 4) is 17.0 Å². The van der Waals surface area contributed by atoms with Crippen LogP contribution in [0.25, 0.3) is 16.8 Å². The number of H-pyrrole nitrogens is 1. The number of nitrogens with zero attached hydrogens (tertiary/aromatic N) is 2. The van der Waals surface area contributed by atoms with Crippen LogP contribution in [0.4, 0.5) is 4.39 Å². The quantitative estimate of drug-likeness (QED) is 0.713. The average Bonchev–Trinajstić information content (AvgIpc) is 2.74. The molecule has 6 heteroatoms. The van der Waals surface area contributed by atoms with Crippen molar-refractivity contribution in [2.75, 3.05) is 0 Å². The lowest BCUT2D eigenvalue weighted by atomic mass is 10.1. The highest BCUT2D eigenvalue weighted by molar-refractivity contribution is 5.80. The predicted molar refractivity (Wildman–Crippen MR) is 72.3 cm³/mol. The van der Waals surface area contributed by atoms with Crippen LogP contribution < -0.4 is 5.56 Å². The monoisotopic (exact) mass is 273 g/mol. The van der Waals surface area contributed by atoms with E-state index in [-0.39, 0.29) is 17.1 Å². The summed E-state index contributed by atoms with van der Waals surface area (Å²) in [6, 6.07) is 6.23. The van der Waals surface area contributed by atoms with Crippen molar-refractivity contribution < 1.29 is 9.50 Å². The van der Waals surface area contributed by atoms with Gasteiger partial charge in [0.25, 0.3) is 5.56 Å². The zero-order valence-corrected chi connectivity index (χ0v) is 10.9. The van der Waals surface area contributed by atoms with Crippen LogP contribution >= 0.6 is 0 Å². The summed E-state index contributed by atoms with van der Waals surface area (Å²) in [7, 11) is 0. The summed E-state index contributed by atoms with van der Waals surface area (Å²) in [5, 5.41) is 14.1. The number of aromatic hydroxyl groups is 1. The second kappa shape index (κ2) is 4.19. The van der Waals surface area contributed by atoms with Gasteiger partial charge < -0.3 is 10.1 Å². The zero-order chi connectivity index (χ0) is 14.4. The number of hydrogen-bond donors (Lipinski definition) is 2. The molecule has 0 saturated heterocycles. The highest BCUT2D eigenvalue weighted by atomic mass is 19.1. The van der Waals surface area contributed by atoms with Crippen LogP contribution in [-0.4, -0.2) is 19.7 Å². The third-order valence-corrected chi connectivity index (χ3v) is 3.31. The van der Waals surface area contributed by atoms with Crippen LogP contribution in [0, 0.1) is 19.7 Å². The van der Waals surface area contributed by atoms with Crippen LogP contribution in [0.15, 0.2) is 29.1 Å². The van der Waals surface area contributed by atoms with Crippen LogP contribution in [-0.2, 0) is 0 Å². The highest BCUT2D eigenvalue weighted by Gasteiger charge is 2.19. The van der Waals surface area contributed by atoms with Gasteiger partial charge in [-0.15, -0.1) is 0 Å². The fourth-order valence-electron chi connectivity index (χ4n) is 2.24. The fourth-order valence-corrected chi connectivity index (χ4v) is 2.24. The van der Waals surface area contributed by atoms with Crippen LogP contribution in [0.5, 0.6) is 5.88 Å². The van der Waals surface area contributed by atoms with E-state index < -0.39 is 11.4 Å². The molecule has 0 fully saturated rings. The van der Waals surface area contributed by atoms with Crippen LogP contribution in [0.3, 0.4) is 0 Å². The number of halogens is 1. The zero-order valence-electron chi connectivity index (χ0n) is 10.9. The lowest BCUT2D eigenvalue weighted by Crippen LogP contribution is -2.12. The van der Waals surface area contributed by atoms with Crippen LogP contribution in [0.2, 0.25) is 0 Å². The van der Waals surface area contributed by atoms with Crippen LogP contribution in [0.1, 0.15) is 11.3 Å². The van der Waals surface area contributed by atoms with Crippen molar-refractivity contribution in [1.29, 1.82) is 0 Å². The van der Waals surface area contributed by atoms with E-state index in [0.29, 0.717) is 16.8 Å². The molecular formula is C14H12FN3O2. The van der Waals surface area contributed by atoms with E-state index in [1.54, 1.807) is 25.1 Å². The first kappa shape index (κ1) is 12.4. The maximum atomic E-state index is 13.9. The Kier molecular flexibility index (Phi) is 2.60. The first-order valence-corrected chi connectivity index (χ1v) is 6.06. The number of hydrogen-bond acceptors (Lipinski definition) is 3. The molecule has 2 aromatic heterocycles.